The SMILES string of the molecule is [Li][CH]1C=CC1N(CCCC)CCCC. The molecule has 0 heterocycles. The van der Waals surface area contributed by atoms with E-state index < -0.39 is 0 Å². The fourth-order valence-corrected chi connectivity index (χ4v) is 2.02. The van der Waals surface area contributed by atoms with Crippen LogP contribution in [0.2, 0.25) is 4.59 Å². The molecule has 14 heavy (non-hydrogen) atoms. The molecule has 0 amide bonds. The summed E-state index contributed by atoms with van der Waals surface area (Å²) >= 11 is 2.33. The fourth-order valence-electron chi connectivity index (χ4n) is 2.02. The van der Waals surface area contributed by atoms with Gasteiger partial charge in [0, 0.05) is 0 Å². The van der Waals surface area contributed by atoms with Crippen LogP contribution in [0.3, 0.4) is 0 Å². The van der Waals surface area contributed by atoms with Crippen molar-refractivity contribution in [3.63, 3.8) is 0 Å². The van der Waals surface area contributed by atoms with Gasteiger partial charge in [0.2, 0.25) is 0 Å². The molecule has 0 aliphatic heterocycles. The summed E-state index contributed by atoms with van der Waals surface area (Å²) in [5, 5.41) is 0. The van der Waals surface area contributed by atoms with E-state index in [4.69, 9.17) is 0 Å². The molecule has 0 N–H and O–H groups in total. The van der Waals surface area contributed by atoms with Gasteiger partial charge in [-0.05, 0) is 0 Å². The van der Waals surface area contributed by atoms with Crippen molar-refractivity contribution >= 4 is 17.7 Å². The van der Waals surface area contributed by atoms with Gasteiger partial charge in [-0.25, -0.2) is 0 Å². The van der Waals surface area contributed by atoms with Gasteiger partial charge in [0.15, 0.2) is 0 Å². The molecule has 2 atom stereocenters. The molecule has 1 rings (SSSR count). The van der Waals surface area contributed by atoms with Gasteiger partial charge in [-0.15, -0.1) is 0 Å². The summed E-state index contributed by atoms with van der Waals surface area (Å²) in [6.07, 6.45) is 10.0. The number of rotatable bonds is 7. The minimum atomic E-state index is 0.744. The quantitative estimate of drug-likeness (QED) is 0.437. The van der Waals surface area contributed by atoms with Crippen LogP contribution in [0, 0.1) is 0 Å². The Hall–Kier alpha value is 0.297. The van der Waals surface area contributed by atoms with Crippen LogP contribution < -0.4 is 0 Å². The third kappa shape index (κ3) is 3.46. The normalized spacial score (nSPS) is 25.5. The van der Waals surface area contributed by atoms with E-state index in [2.05, 4.69) is 48.6 Å². The van der Waals surface area contributed by atoms with E-state index in [0.717, 1.165) is 10.6 Å². The third-order valence-corrected chi connectivity index (χ3v) is 3.17. The number of nitrogens with zero attached hydrogens (tertiary/aromatic N) is 1. The first-order valence-corrected chi connectivity index (χ1v) is 6.22. The molecular formula is C12H22LiN. The summed E-state index contributed by atoms with van der Waals surface area (Å²) in [5.41, 5.74) is 0. The summed E-state index contributed by atoms with van der Waals surface area (Å²) in [7, 11) is 0. The molecule has 1 aliphatic carbocycles. The molecule has 0 radical (unpaired) electrons. The van der Waals surface area contributed by atoms with Gasteiger partial charge in [0.25, 0.3) is 0 Å². The average molecular weight is 187 g/mol. The van der Waals surface area contributed by atoms with Crippen LogP contribution in [0.25, 0.3) is 0 Å². The minimum absolute atomic E-state index is 0.744. The predicted molar refractivity (Wildman–Crippen MR) is 63.8 cm³/mol. The van der Waals surface area contributed by atoms with Gasteiger partial charge in [-0.1, -0.05) is 0 Å². The van der Waals surface area contributed by atoms with Gasteiger partial charge in [-0.3, -0.25) is 0 Å². The first-order valence-electron chi connectivity index (χ1n) is 6.22. The van der Waals surface area contributed by atoms with Crippen molar-refractivity contribution in [3.8, 4) is 0 Å². The van der Waals surface area contributed by atoms with E-state index in [1.807, 2.05) is 0 Å². The van der Waals surface area contributed by atoms with Gasteiger partial charge in [0.1, 0.15) is 0 Å². The summed E-state index contributed by atoms with van der Waals surface area (Å²) < 4.78 is 0.781. The van der Waals surface area contributed by atoms with E-state index in [1.54, 1.807) is 0 Å². The standard InChI is InChI=1S/C12H22N.Li/c1-3-5-10-13(11-6-4-2)12-8-7-9-12;/h7-9,12H,3-6,10-11H2,1-2H3;. The number of hydrogen-bond acceptors (Lipinski definition) is 1. The number of hydrogen-bond donors (Lipinski definition) is 0. The van der Waals surface area contributed by atoms with Crippen LogP contribution in [0.4, 0.5) is 0 Å². The van der Waals surface area contributed by atoms with Crippen molar-refractivity contribution in [1.29, 1.82) is 0 Å². The van der Waals surface area contributed by atoms with Crippen LogP contribution in [0.1, 0.15) is 39.5 Å². The van der Waals surface area contributed by atoms with E-state index in [-0.39, 0.29) is 0 Å². The zero-order chi connectivity index (χ0) is 10.4. The average Bonchev–Trinajstić information content (AvgIpc) is 2.19. The van der Waals surface area contributed by atoms with Crippen molar-refractivity contribution in [1.82, 2.24) is 4.90 Å². The molecule has 0 saturated carbocycles. The molecule has 1 nitrogen and oxygen atoms in total. The molecule has 0 aromatic heterocycles. The Morgan fingerprint density at radius 1 is 1.07 bits per heavy atom. The third-order valence-electron chi connectivity index (χ3n) is 3.17. The Balaban J connectivity index is 2.32. The van der Waals surface area contributed by atoms with Crippen molar-refractivity contribution in [2.75, 3.05) is 13.1 Å². The van der Waals surface area contributed by atoms with E-state index in [1.165, 1.54) is 38.8 Å². The first kappa shape index (κ1) is 12.4. The first-order chi connectivity index (χ1) is 6.79. The van der Waals surface area contributed by atoms with E-state index in [0.29, 0.717) is 0 Å². The topological polar surface area (TPSA) is 3.24 Å². The Morgan fingerprint density at radius 2 is 1.64 bits per heavy atom. The van der Waals surface area contributed by atoms with Crippen LogP contribution in [0.15, 0.2) is 12.2 Å². The maximum absolute atomic E-state index is 2.66. The molecule has 0 aromatic rings. The monoisotopic (exact) mass is 187 g/mol. The van der Waals surface area contributed by atoms with Gasteiger partial charge in [0.05, 0.1) is 0 Å². The Bertz CT molecular complexity index is 171. The molecule has 76 valence electrons. The predicted octanol–water partition coefficient (Wildman–Crippen LogP) is 2.78. The zero-order valence-corrected chi connectivity index (χ0v) is 10.00. The van der Waals surface area contributed by atoms with Gasteiger partial charge >= 0.3 is 98.0 Å². The van der Waals surface area contributed by atoms with Crippen LogP contribution in [-0.2, 0) is 0 Å². The molecule has 0 fully saturated rings. The molecule has 0 saturated heterocycles. The van der Waals surface area contributed by atoms with E-state index in [9.17, 15) is 0 Å². The molecule has 2 unspecified atom stereocenters. The van der Waals surface area contributed by atoms with Crippen molar-refractivity contribution in [2.24, 2.45) is 0 Å². The molecule has 1 aliphatic rings. The van der Waals surface area contributed by atoms with E-state index >= 15 is 0 Å². The Morgan fingerprint density at radius 3 is 1.93 bits per heavy atom. The summed E-state index contributed by atoms with van der Waals surface area (Å²) in [4.78, 5) is 2.66. The second-order valence-corrected chi connectivity index (χ2v) is 4.48. The zero-order valence-electron chi connectivity index (χ0n) is 10.00. The summed E-state index contributed by atoms with van der Waals surface area (Å²) in [6.45, 7) is 7.13. The maximum atomic E-state index is 2.66. The molecule has 2 heteroatoms. The van der Waals surface area contributed by atoms with Crippen molar-refractivity contribution in [2.45, 2.75) is 50.2 Å². The summed E-state index contributed by atoms with van der Waals surface area (Å²) in [5.74, 6) is 0. The van der Waals surface area contributed by atoms with Crippen LogP contribution in [0.5, 0.6) is 0 Å². The second-order valence-electron chi connectivity index (χ2n) is 4.48. The second kappa shape index (κ2) is 6.72. The molecular weight excluding hydrogens is 165 g/mol. The fraction of sp³-hybridized carbons (Fsp3) is 0.833. The molecule has 0 spiro atoms. The van der Waals surface area contributed by atoms with Crippen molar-refractivity contribution < 1.29 is 0 Å². The van der Waals surface area contributed by atoms with Crippen LogP contribution >= 0.6 is 0 Å². The molecule has 0 bridgehead atoms. The van der Waals surface area contributed by atoms with Crippen molar-refractivity contribution in [3.05, 3.63) is 12.2 Å². The molecule has 0 aromatic carbocycles. The van der Waals surface area contributed by atoms with Gasteiger partial charge in [-0.2, -0.15) is 0 Å². The Kier molecular flexibility index (Phi) is 5.94. The van der Waals surface area contributed by atoms with Crippen LogP contribution in [-0.4, -0.2) is 41.7 Å². The number of unbranched alkanes of at least 4 members (excludes halogenated alkanes) is 2. The van der Waals surface area contributed by atoms with Gasteiger partial charge < -0.3 is 0 Å². The summed E-state index contributed by atoms with van der Waals surface area (Å²) in [6, 6.07) is 0.744. The Labute approximate surface area is 98.1 Å².